The lowest BCUT2D eigenvalue weighted by atomic mass is 10.1. The first-order valence-electron chi connectivity index (χ1n) is 30.7. The SMILES string of the molecule is COC(=O)C1OC1c1ccccc1OCc1ccnn1CC(F)(F)F.[2H]C(c1ccccc1OCc1ccnn1CC(F)(F)F)C(O)C(=O)OC.[2H][C@@H](c1ccccc1OCc1ccnn1CC(F)(F)F)[C@H](O)C(=O)OC.[2H][C@H](c1ccccc1OCc1ccnn1CC(F)(F)F)[C@@H](O)C(=O)OC. The number of benzene rings is 4. The molecule has 8 atom stereocenters. The van der Waals surface area contributed by atoms with Gasteiger partial charge in [0.15, 0.2) is 24.4 Å². The largest absolute Gasteiger partial charge is 0.487 e. The number of carbonyl (C=O) groups excluding carboxylic acids is 4. The van der Waals surface area contributed by atoms with Crippen molar-refractivity contribution in [2.24, 2.45) is 0 Å². The lowest BCUT2D eigenvalue weighted by Crippen LogP contribution is -2.24. The van der Waals surface area contributed by atoms with Crippen LogP contribution in [0.5, 0.6) is 23.0 Å². The molecule has 4 aromatic carbocycles. The quantitative estimate of drug-likeness (QED) is 0.0187. The number of esters is 4. The number of para-hydroxylation sites is 4. The molecule has 0 saturated carbocycles. The van der Waals surface area contributed by atoms with E-state index in [1.54, 1.807) is 60.7 Å². The number of carbonyl (C=O) groups is 4. The minimum Gasteiger partial charge on any atom is -0.487 e. The number of nitrogens with zero attached hydrogens (tertiary/aromatic N) is 8. The Hall–Kier alpha value is -10.2. The van der Waals surface area contributed by atoms with Gasteiger partial charge in [-0.05, 0) is 65.2 Å². The summed E-state index contributed by atoms with van der Waals surface area (Å²) in [6.45, 7) is -5.71. The lowest BCUT2D eigenvalue weighted by molar-refractivity contribution is -0.150. The second-order valence-electron chi connectivity index (χ2n) is 20.6. The predicted octanol–water partition coefficient (Wildman–Crippen LogP) is 8.94. The average Bonchev–Trinajstić information content (AvgIpc) is 1.49. The Morgan fingerprint density at radius 3 is 0.950 bits per heavy atom. The number of methoxy groups -OCH3 is 4. The number of aliphatic hydroxyl groups excluding tert-OH is 3. The van der Waals surface area contributed by atoms with Gasteiger partial charge in [-0.25, -0.2) is 19.2 Å². The highest BCUT2D eigenvalue weighted by atomic mass is 19.4. The highest BCUT2D eigenvalue weighted by molar-refractivity contribution is 5.78. The standard InChI is InChI=1S/C16H15F3N2O4.3C16H17F3N2O4/c1-23-15(22)14-13(25-14)11-4-2-3-5-12(11)24-8-10-6-7-20-21(10)9-16(17,18)19;3*1-24-15(23)13(22)8-11-4-2-3-5-14(11)25-9-12-6-7-20-21(12)10-16(17,18)19/h2-7,13-14H,8-9H2,1H3;3*2-7,13,22H,8-10H2,1H3/t;2*13-;/m.10./s1/i;3*8D/t;2*8-,13-;. The van der Waals surface area contributed by atoms with Crippen molar-refractivity contribution < 1.29 is 134 Å². The van der Waals surface area contributed by atoms with Crippen molar-refractivity contribution in [3.63, 3.8) is 0 Å². The number of hydrogen-bond acceptors (Lipinski definition) is 20. The van der Waals surface area contributed by atoms with Crippen molar-refractivity contribution in [1.29, 1.82) is 0 Å². The number of epoxide rings is 1. The summed E-state index contributed by atoms with van der Waals surface area (Å²) in [4.78, 5) is 45.7. The maximum absolute atomic E-state index is 12.5. The van der Waals surface area contributed by atoms with Gasteiger partial charge in [0, 0.05) is 53.7 Å². The van der Waals surface area contributed by atoms with Gasteiger partial charge in [0.2, 0.25) is 0 Å². The van der Waals surface area contributed by atoms with Gasteiger partial charge in [0.1, 0.15) is 81.7 Å². The molecular weight excluding hydrogens is 1360 g/mol. The number of ether oxygens (including phenoxy) is 9. The molecule has 1 aliphatic rings. The fourth-order valence-electron chi connectivity index (χ4n) is 8.60. The molecule has 0 spiro atoms. The average molecular weight is 1430 g/mol. The summed E-state index contributed by atoms with van der Waals surface area (Å²) in [7, 11) is 4.53. The number of halogens is 12. The third-order valence-electron chi connectivity index (χ3n) is 13.3. The number of aromatic nitrogens is 8. The minimum atomic E-state index is -4.42. The van der Waals surface area contributed by atoms with Crippen LogP contribution in [0.4, 0.5) is 52.7 Å². The maximum atomic E-state index is 12.5. The van der Waals surface area contributed by atoms with E-state index < -0.39 is 124 Å². The van der Waals surface area contributed by atoms with Crippen molar-refractivity contribution >= 4 is 23.9 Å². The smallest absolute Gasteiger partial charge is 0.408 e. The summed E-state index contributed by atoms with van der Waals surface area (Å²) < 4.78 is 223. The van der Waals surface area contributed by atoms with Gasteiger partial charge in [-0.15, -0.1) is 0 Å². The normalized spacial score (nSPS) is 15.8. The summed E-state index contributed by atoms with van der Waals surface area (Å²) in [6.07, 6.45) is -23.1. The van der Waals surface area contributed by atoms with Crippen LogP contribution in [-0.4, -0.2) is 156 Å². The molecule has 24 nitrogen and oxygen atoms in total. The fraction of sp³-hybridized carbons (Fsp3) is 0.375. The molecular formula is C64H66F12N8O16. The Kier molecular flexibility index (Phi) is 27.1. The van der Waals surface area contributed by atoms with Crippen molar-refractivity contribution in [2.75, 3.05) is 28.4 Å². The number of rotatable bonds is 27. The van der Waals surface area contributed by atoms with Gasteiger partial charge < -0.3 is 58.0 Å². The molecule has 36 heteroatoms. The van der Waals surface area contributed by atoms with Crippen LogP contribution < -0.4 is 18.9 Å². The highest BCUT2D eigenvalue weighted by Gasteiger charge is 2.48. The molecule has 1 fully saturated rings. The van der Waals surface area contributed by atoms with Crippen LogP contribution in [0.15, 0.2) is 146 Å². The van der Waals surface area contributed by atoms with E-state index >= 15 is 0 Å². The summed E-state index contributed by atoms with van der Waals surface area (Å²) in [5.41, 5.74) is 2.09. The van der Waals surface area contributed by atoms with Crippen LogP contribution >= 0.6 is 0 Å². The first-order chi connectivity index (χ1) is 48.6. The van der Waals surface area contributed by atoms with E-state index in [1.165, 1.54) is 92.6 Å². The van der Waals surface area contributed by atoms with Gasteiger partial charge in [-0.1, -0.05) is 72.8 Å². The molecule has 3 N–H and O–H groups in total. The van der Waals surface area contributed by atoms with Crippen LogP contribution in [0.25, 0.3) is 0 Å². The van der Waals surface area contributed by atoms with E-state index in [0.717, 1.165) is 40.1 Å². The summed E-state index contributed by atoms with van der Waals surface area (Å²) in [5.74, 6) is -2.48. The van der Waals surface area contributed by atoms with E-state index in [4.69, 9.17) is 27.8 Å². The Bertz CT molecular complexity index is 3730. The number of aliphatic hydroxyl groups is 3. The first kappa shape index (κ1) is 74.0. The molecule has 0 amide bonds. The molecule has 1 saturated heterocycles. The van der Waals surface area contributed by atoms with Crippen LogP contribution in [-0.2, 0) is 115 Å². The van der Waals surface area contributed by atoms with E-state index in [2.05, 4.69) is 39.3 Å². The fourth-order valence-corrected chi connectivity index (χ4v) is 8.60. The molecule has 5 heterocycles. The first-order valence-corrected chi connectivity index (χ1v) is 29.0. The molecule has 9 rings (SSSR count). The van der Waals surface area contributed by atoms with Crippen molar-refractivity contribution in [3.8, 4) is 23.0 Å². The Balaban J connectivity index is 0.000000216. The summed E-state index contributed by atoms with van der Waals surface area (Å²) in [5, 5.41) is 44.0. The van der Waals surface area contributed by atoms with Gasteiger partial charge >= 0.3 is 48.6 Å². The van der Waals surface area contributed by atoms with Crippen LogP contribution in [0.1, 0.15) is 55.2 Å². The van der Waals surface area contributed by atoms with Gasteiger partial charge in [-0.2, -0.15) is 73.1 Å². The zero-order valence-electron chi connectivity index (χ0n) is 55.9. The van der Waals surface area contributed by atoms with E-state index in [9.17, 15) is 87.2 Å². The van der Waals surface area contributed by atoms with Gasteiger partial charge in [0.25, 0.3) is 0 Å². The molecule has 1 aliphatic heterocycles. The lowest BCUT2D eigenvalue weighted by Gasteiger charge is -2.15. The van der Waals surface area contributed by atoms with Crippen LogP contribution in [0.2, 0.25) is 0 Å². The Morgan fingerprint density at radius 1 is 0.420 bits per heavy atom. The molecule has 0 aliphatic carbocycles. The third-order valence-corrected chi connectivity index (χ3v) is 13.3. The number of hydrogen-bond donors (Lipinski definition) is 3. The maximum Gasteiger partial charge on any atom is 0.408 e. The third kappa shape index (κ3) is 25.9. The second-order valence-corrected chi connectivity index (χ2v) is 20.6. The van der Waals surface area contributed by atoms with E-state index in [0.29, 0.717) is 11.3 Å². The summed E-state index contributed by atoms with van der Waals surface area (Å²) >= 11 is 0. The summed E-state index contributed by atoms with van der Waals surface area (Å²) in [6, 6.07) is 31.0. The molecule has 542 valence electrons. The monoisotopic (exact) mass is 1430 g/mol. The van der Waals surface area contributed by atoms with Crippen molar-refractivity contribution in [1.82, 2.24) is 39.1 Å². The molecule has 4 aromatic heterocycles. The molecule has 0 bridgehead atoms. The Labute approximate surface area is 565 Å². The zero-order valence-corrected chi connectivity index (χ0v) is 52.9. The van der Waals surface area contributed by atoms with Crippen molar-refractivity contribution in [3.05, 3.63) is 191 Å². The van der Waals surface area contributed by atoms with E-state index in [1.807, 2.05) is 0 Å². The zero-order chi connectivity index (χ0) is 76.0. The molecule has 8 aromatic rings. The predicted molar refractivity (Wildman–Crippen MR) is 321 cm³/mol. The van der Waals surface area contributed by atoms with E-state index in [-0.39, 0.29) is 83.1 Å². The second kappa shape index (κ2) is 36.6. The van der Waals surface area contributed by atoms with Gasteiger partial charge in [-0.3, -0.25) is 18.7 Å². The number of alkyl halides is 12. The topological polar surface area (TPSA) is 287 Å². The molecule has 4 unspecified atom stereocenters. The van der Waals surface area contributed by atoms with Crippen molar-refractivity contribution in [2.45, 2.75) is 127 Å². The van der Waals surface area contributed by atoms with Crippen LogP contribution in [0, 0.1) is 0 Å². The van der Waals surface area contributed by atoms with Gasteiger partial charge in [0.05, 0.1) is 51.2 Å². The van der Waals surface area contributed by atoms with Crippen LogP contribution in [0.3, 0.4) is 0 Å². The highest BCUT2D eigenvalue weighted by Crippen LogP contribution is 2.43. The molecule has 100 heavy (non-hydrogen) atoms. The molecule has 0 radical (unpaired) electrons. The Morgan fingerprint density at radius 2 is 0.680 bits per heavy atom. The minimum absolute atomic E-state index is 0.0945.